The summed E-state index contributed by atoms with van der Waals surface area (Å²) in [5.41, 5.74) is 1.64. The zero-order chi connectivity index (χ0) is 32.9. The molecule has 0 atom stereocenters. The van der Waals surface area contributed by atoms with Gasteiger partial charge in [0.15, 0.2) is 21.3 Å². The maximum Gasteiger partial charge on any atom is 0.247 e. The van der Waals surface area contributed by atoms with E-state index in [-0.39, 0.29) is 52.8 Å². The minimum absolute atomic E-state index is 0.00552. The molecule has 0 aliphatic heterocycles. The maximum atomic E-state index is 14.0. The Morgan fingerprint density at radius 1 is 0.689 bits per heavy atom. The number of halogens is 4. The van der Waals surface area contributed by atoms with Gasteiger partial charge in [0.2, 0.25) is 10.0 Å². The lowest BCUT2D eigenvalue weighted by Crippen LogP contribution is -2.30. The van der Waals surface area contributed by atoms with Crippen LogP contribution in [-0.4, -0.2) is 55.4 Å². The number of phenols is 2. The van der Waals surface area contributed by atoms with E-state index < -0.39 is 46.9 Å². The fourth-order valence-electron chi connectivity index (χ4n) is 4.43. The Hall–Kier alpha value is -2.74. The van der Waals surface area contributed by atoms with Crippen LogP contribution in [0, 0.1) is 0 Å². The third kappa shape index (κ3) is 8.75. The molecule has 0 aliphatic carbocycles. The van der Waals surface area contributed by atoms with Crippen LogP contribution in [0.1, 0.15) is 16.7 Å². The molecule has 4 aromatic carbocycles. The molecule has 0 saturated carbocycles. The Morgan fingerprint density at radius 2 is 1.22 bits per heavy atom. The van der Waals surface area contributed by atoms with Gasteiger partial charge in [0, 0.05) is 23.1 Å². The first kappa shape index (κ1) is 35.1. The average molecular weight is 735 g/mol. The fourth-order valence-corrected chi connectivity index (χ4v) is 8.64. The van der Waals surface area contributed by atoms with Crippen molar-refractivity contribution in [1.29, 1.82) is 0 Å². The second kappa shape index (κ2) is 14.8. The molecule has 0 aliphatic rings. The quantitative estimate of drug-likeness (QED) is 0.142. The predicted molar refractivity (Wildman–Crippen MR) is 174 cm³/mol. The molecule has 4 aromatic rings. The minimum atomic E-state index is -4.42. The first-order valence-electron chi connectivity index (χ1n) is 13.2. The predicted octanol–water partition coefficient (Wildman–Crippen LogP) is 6.49. The molecule has 3 N–H and O–H groups in total. The number of phenolic OH excluding ortho intramolecular Hbond substituents is 2. The summed E-state index contributed by atoms with van der Waals surface area (Å²) in [6, 6.07) is 18.0. The van der Waals surface area contributed by atoms with E-state index in [1.807, 2.05) is 0 Å². The lowest BCUT2D eigenvalue weighted by Gasteiger charge is -2.24. The van der Waals surface area contributed by atoms with Crippen LogP contribution >= 0.6 is 46.4 Å². The number of aliphatic hydroxyl groups is 1. The van der Waals surface area contributed by atoms with Crippen LogP contribution in [0.3, 0.4) is 0 Å². The molecule has 4 rings (SSSR count). The van der Waals surface area contributed by atoms with Crippen molar-refractivity contribution < 1.29 is 36.9 Å². The molecule has 240 valence electrons. The van der Waals surface area contributed by atoms with E-state index in [0.29, 0.717) is 22.4 Å². The highest BCUT2D eigenvalue weighted by Crippen LogP contribution is 2.37. The third-order valence-electron chi connectivity index (χ3n) is 6.57. The van der Waals surface area contributed by atoms with E-state index in [9.17, 15) is 27.0 Å². The Bertz CT molecular complexity index is 1920. The van der Waals surface area contributed by atoms with E-state index >= 15 is 0 Å². The highest BCUT2D eigenvalue weighted by molar-refractivity contribution is 7.91. The lowest BCUT2D eigenvalue weighted by molar-refractivity contribution is 0.201. The van der Waals surface area contributed by atoms with Crippen molar-refractivity contribution in [2.24, 2.45) is 0 Å². The normalized spacial score (nSPS) is 12.0. The van der Waals surface area contributed by atoms with Gasteiger partial charge in [-0.25, -0.2) is 16.8 Å². The molecule has 0 amide bonds. The third-order valence-corrected chi connectivity index (χ3v) is 11.1. The topological polar surface area (TPSA) is 141 Å². The van der Waals surface area contributed by atoms with Gasteiger partial charge in [-0.2, -0.15) is 4.31 Å². The molecule has 0 fully saturated rings. The molecule has 0 bridgehead atoms. The van der Waals surface area contributed by atoms with Gasteiger partial charge in [0.25, 0.3) is 0 Å². The fraction of sp³-hybridized carbons (Fsp3) is 0.200. The van der Waals surface area contributed by atoms with Crippen LogP contribution in [0.2, 0.25) is 20.1 Å². The first-order chi connectivity index (χ1) is 21.2. The van der Waals surface area contributed by atoms with Gasteiger partial charge in [0.1, 0.15) is 22.1 Å². The van der Waals surface area contributed by atoms with Crippen molar-refractivity contribution >= 4 is 66.3 Å². The Morgan fingerprint density at radius 3 is 1.84 bits per heavy atom. The molecule has 0 heterocycles. The molecule has 45 heavy (non-hydrogen) atoms. The number of sulfone groups is 1. The Balaban J connectivity index is 1.65. The van der Waals surface area contributed by atoms with Crippen LogP contribution in [0.5, 0.6) is 17.2 Å². The van der Waals surface area contributed by atoms with Crippen LogP contribution in [0.15, 0.2) is 82.6 Å². The number of aryl methyl sites for hydroxylation is 1. The summed E-state index contributed by atoms with van der Waals surface area (Å²) in [5.74, 6) is -1.22. The molecule has 0 saturated heterocycles. The summed E-state index contributed by atoms with van der Waals surface area (Å²) in [6.07, 6.45) is 0.0292. The number of sulfonamides is 1. The van der Waals surface area contributed by atoms with Gasteiger partial charge in [-0.15, -0.1) is 0 Å². The van der Waals surface area contributed by atoms with E-state index in [4.69, 9.17) is 56.2 Å². The van der Waals surface area contributed by atoms with Gasteiger partial charge >= 0.3 is 0 Å². The number of hydrogen-bond acceptors (Lipinski definition) is 8. The van der Waals surface area contributed by atoms with Crippen LogP contribution in [-0.2, 0) is 39.4 Å². The zero-order valence-corrected chi connectivity index (χ0v) is 28.0. The zero-order valence-electron chi connectivity index (χ0n) is 23.3. The number of ether oxygens (including phenoxy) is 1. The van der Waals surface area contributed by atoms with Gasteiger partial charge < -0.3 is 20.1 Å². The van der Waals surface area contributed by atoms with Crippen molar-refractivity contribution in [1.82, 2.24) is 4.31 Å². The SMILES string of the molecule is O=S(=O)(CCc1cccc(CN(Cc2cccc(OCCO)c2)S(=O)(=O)c2cc(Cl)cc(Cl)c2O)c1)c1cc(Cl)cc(Cl)c1O. The van der Waals surface area contributed by atoms with Crippen molar-refractivity contribution in [3.63, 3.8) is 0 Å². The number of benzene rings is 4. The molecular formula is C30H27Cl4NO8S2. The summed E-state index contributed by atoms with van der Waals surface area (Å²) in [6.45, 7) is -0.493. The average Bonchev–Trinajstić information content (AvgIpc) is 2.98. The van der Waals surface area contributed by atoms with E-state index in [0.717, 1.165) is 16.4 Å². The summed E-state index contributed by atoms with van der Waals surface area (Å²) in [5, 5.41) is 29.5. The highest BCUT2D eigenvalue weighted by atomic mass is 35.5. The van der Waals surface area contributed by atoms with Crippen molar-refractivity contribution in [3.05, 3.63) is 110 Å². The smallest absolute Gasteiger partial charge is 0.247 e. The molecule has 9 nitrogen and oxygen atoms in total. The molecule has 0 spiro atoms. The number of rotatable bonds is 13. The van der Waals surface area contributed by atoms with Crippen LogP contribution in [0.25, 0.3) is 0 Å². The van der Waals surface area contributed by atoms with Gasteiger partial charge in [-0.05, 0) is 59.5 Å². The van der Waals surface area contributed by atoms with Gasteiger partial charge in [0.05, 0.1) is 22.4 Å². The maximum absolute atomic E-state index is 14.0. The van der Waals surface area contributed by atoms with E-state index in [1.165, 1.54) is 12.1 Å². The monoisotopic (exact) mass is 733 g/mol. The van der Waals surface area contributed by atoms with Gasteiger partial charge in [-0.3, -0.25) is 0 Å². The first-order valence-corrected chi connectivity index (χ1v) is 17.8. The van der Waals surface area contributed by atoms with Crippen LogP contribution < -0.4 is 4.74 Å². The van der Waals surface area contributed by atoms with Gasteiger partial charge in [-0.1, -0.05) is 82.8 Å². The standard InChI is InChI=1S/C30H27Cl4NO8S2/c31-22-13-25(33)29(37)27(15-22)44(39,40)10-7-19-3-1-4-20(11-19)17-35(18-21-5-2-6-24(12-21)43-9-8-36)45(41,42)28-16-23(32)14-26(34)30(28)38/h1-6,11-16,36-38H,7-10,17-18H2. The lowest BCUT2D eigenvalue weighted by atomic mass is 10.1. The second-order valence-corrected chi connectivity index (χ2v) is 15.5. The molecule has 0 aromatic heterocycles. The van der Waals surface area contributed by atoms with Crippen molar-refractivity contribution in [2.75, 3.05) is 19.0 Å². The van der Waals surface area contributed by atoms with E-state index in [1.54, 1.807) is 48.5 Å². The number of hydrogen-bond donors (Lipinski definition) is 3. The Kier molecular flexibility index (Phi) is 11.5. The molecule has 15 heteroatoms. The largest absolute Gasteiger partial charge is 0.505 e. The number of aromatic hydroxyl groups is 2. The second-order valence-electron chi connectivity index (χ2n) is 9.85. The summed E-state index contributed by atoms with van der Waals surface area (Å²) in [7, 11) is -8.41. The molecule has 0 radical (unpaired) electrons. The summed E-state index contributed by atoms with van der Waals surface area (Å²) in [4.78, 5) is -0.881. The highest BCUT2D eigenvalue weighted by Gasteiger charge is 2.30. The summed E-state index contributed by atoms with van der Waals surface area (Å²) < 4.78 is 60.6. The van der Waals surface area contributed by atoms with E-state index in [2.05, 4.69) is 0 Å². The molecular weight excluding hydrogens is 708 g/mol. The number of nitrogens with zero attached hydrogens (tertiary/aromatic N) is 1. The minimum Gasteiger partial charge on any atom is -0.505 e. The summed E-state index contributed by atoms with van der Waals surface area (Å²) >= 11 is 24.0. The van der Waals surface area contributed by atoms with Crippen LogP contribution in [0.4, 0.5) is 0 Å². The molecule has 0 unspecified atom stereocenters. The van der Waals surface area contributed by atoms with Crippen molar-refractivity contribution in [2.45, 2.75) is 29.3 Å². The number of aliphatic hydroxyl groups excluding tert-OH is 1. The van der Waals surface area contributed by atoms with Crippen molar-refractivity contribution in [3.8, 4) is 17.2 Å². The Labute approximate surface area is 281 Å².